The summed E-state index contributed by atoms with van der Waals surface area (Å²) in [4.78, 5) is 20.7. The molecular weight excluding hydrogens is 339 g/mol. The zero-order valence-electron chi connectivity index (χ0n) is 12.8. The van der Waals surface area contributed by atoms with Crippen LogP contribution in [-0.4, -0.2) is 16.9 Å². The van der Waals surface area contributed by atoms with E-state index < -0.39 is 11.8 Å². The van der Waals surface area contributed by atoms with E-state index >= 15 is 0 Å². The Morgan fingerprint density at radius 1 is 1.04 bits per heavy atom. The predicted octanol–water partition coefficient (Wildman–Crippen LogP) is 4.29. The third kappa shape index (κ3) is 3.25. The average molecular weight is 350 g/mol. The molecule has 2 heterocycles. The maximum atomic E-state index is 13.3. The van der Waals surface area contributed by atoms with E-state index in [1.807, 2.05) is 35.7 Å². The summed E-state index contributed by atoms with van der Waals surface area (Å²) in [5.74, 6) is -0.900. The first kappa shape index (κ1) is 15.4. The Bertz CT molecular complexity index is 1010. The van der Waals surface area contributed by atoms with Crippen molar-refractivity contribution in [1.82, 2.24) is 4.98 Å². The summed E-state index contributed by atoms with van der Waals surface area (Å²) in [7, 11) is 0. The fourth-order valence-electron chi connectivity index (χ4n) is 2.36. The Kier molecular flexibility index (Phi) is 3.95. The summed E-state index contributed by atoms with van der Waals surface area (Å²) in [6.45, 7) is 0. The van der Waals surface area contributed by atoms with Gasteiger partial charge in [-0.1, -0.05) is 36.4 Å². The molecule has 0 aliphatic carbocycles. The van der Waals surface area contributed by atoms with E-state index in [9.17, 15) is 9.18 Å². The molecule has 4 rings (SSSR count). The number of carbonyl (C=O) groups is 1. The summed E-state index contributed by atoms with van der Waals surface area (Å²) in [5.41, 5.74) is 2.19. The third-order valence-corrected chi connectivity index (χ3v) is 4.43. The van der Waals surface area contributed by atoms with Gasteiger partial charge in [0.25, 0.3) is 0 Å². The molecule has 1 aliphatic heterocycles. The second-order valence-corrected chi connectivity index (χ2v) is 6.15. The number of aliphatic imine (C=N–C) groups is 1. The van der Waals surface area contributed by atoms with Crippen LogP contribution in [0.15, 0.2) is 70.7 Å². The van der Waals surface area contributed by atoms with Crippen molar-refractivity contribution in [2.45, 2.75) is 0 Å². The summed E-state index contributed by atoms with van der Waals surface area (Å²) in [5, 5.41) is 2.70. The topological polar surface area (TPSA) is 51.5 Å². The van der Waals surface area contributed by atoms with Gasteiger partial charge in [0.1, 0.15) is 10.8 Å². The quantitative estimate of drug-likeness (QED) is 0.523. The van der Waals surface area contributed by atoms with Crippen molar-refractivity contribution in [3.8, 4) is 10.6 Å². The number of thiazole rings is 1. The summed E-state index contributed by atoms with van der Waals surface area (Å²) in [6, 6.07) is 15.5. The van der Waals surface area contributed by atoms with Crippen LogP contribution in [0.25, 0.3) is 16.6 Å². The number of esters is 1. The lowest BCUT2D eigenvalue weighted by molar-refractivity contribution is -0.129. The molecule has 25 heavy (non-hydrogen) atoms. The minimum absolute atomic E-state index is 0.0919. The van der Waals surface area contributed by atoms with E-state index in [1.54, 1.807) is 12.1 Å². The minimum Gasteiger partial charge on any atom is -0.402 e. The maximum Gasteiger partial charge on any atom is 0.363 e. The van der Waals surface area contributed by atoms with Gasteiger partial charge in [0, 0.05) is 16.5 Å². The lowest BCUT2D eigenvalue weighted by Gasteiger charge is -1.98. The Morgan fingerprint density at radius 2 is 1.84 bits per heavy atom. The highest BCUT2D eigenvalue weighted by Crippen LogP contribution is 2.25. The molecule has 122 valence electrons. The lowest BCUT2D eigenvalue weighted by atomic mass is 10.2. The van der Waals surface area contributed by atoms with E-state index in [4.69, 9.17) is 4.74 Å². The van der Waals surface area contributed by atoms with Gasteiger partial charge in [-0.15, -0.1) is 11.3 Å². The smallest absolute Gasteiger partial charge is 0.363 e. The van der Waals surface area contributed by atoms with Gasteiger partial charge in [-0.3, -0.25) is 0 Å². The molecule has 0 unspecified atom stereocenters. The van der Waals surface area contributed by atoms with Gasteiger partial charge in [0.05, 0.1) is 5.69 Å². The van der Waals surface area contributed by atoms with Crippen molar-refractivity contribution in [1.29, 1.82) is 0 Å². The number of carbonyl (C=O) groups excluding carboxylic acids is 1. The Morgan fingerprint density at radius 3 is 2.64 bits per heavy atom. The molecule has 1 aliphatic rings. The first-order valence-electron chi connectivity index (χ1n) is 7.48. The van der Waals surface area contributed by atoms with E-state index in [1.165, 1.54) is 29.5 Å². The van der Waals surface area contributed by atoms with Crippen LogP contribution in [-0.2, 0) is 9.53 Å². The van der Waals surface area contributed by atoms with Gasteiger partial charge in [0.2, 0.25) is 5.90 Å². The number of rotatable bonds is 3. The van der Waals surface area contributed by atoms with Crippen LogP contribution in [0.4, 0.5) is 4.39 Å². The molecule has 6 heteroatoms. The zero-order chi connectivity index (χ0) is 17.2. The van der Waals surface area contributed by atoms with Crippen LogP contribution in [0.2, 0.25) is 0 Å². The van der Waals surface area contributed by atoms with E-state index in [0.717, 1.165) is 10.6 Å². The van der Waals surface area contributed by atoms with Gasteiger partial charge >= 0.3 is 5.97 Å². The van der Waals surface area contributed by atoms with Crippen molar-refractivity contribution in [3.63, 3.8) is 0 Å². The number of hydrogen-bond donors (Lipinski definition) is 0. The summed E-state index contributed by atoms with van der Waals surface area (Å²) < 4.78 is 18.4. The van der Waals surface area contributed by atoms with Crippen LogP contribution in [0.5, 0.6) is 0 Å². The van der Waals surface area contributed by atoms with E-state index in [0.29, 0.717) is 11.3 Å². The molecule has 0 atom stereocenters. The Hall–Kier alpha value is -3.12. The molecule has 3 aromatic rings. The Labute approximate surface area is 147 Å². The Balaban J connectivity index is 1.63. The predicted molar refractivity (Wildman–Crippen MR) is 94.6 cm³/mol. The lowest BCUT2D eigenvalue weighted by Crippen LogP contribution is -2.05. The summed E-state index contributed by atoms with van der Waals surface area (Å²) in [6.07, 6.45) is 1.57. The monoisotopic (exact) mass is 350 g/mol. The highest BCUT2D eigenvalue weighted by atomic mass is 32.1. The molecule has 0 saturated carbocycles. The van der Waals surface area contributed by atoms with Crippen LogP contribution >= 0.6 is 11.3 Å². The zero-order valence-corrected chi connectivity index (χ0v) is 13.7. The van der Waals surface area contributed by atoms with Crippen molar-refractivity contribution in [3.05, 3.63) is 82.7 Å². The number of benzene rings is 2. The number of aromatic nitrogens is 1. The number of cyclic esters (lactones) is 1. The van der Waals surface area contributed by atoms with Gasteiger partial charge in [-0.25, -0.2) is 19.2 Å². The van der Waals surface area contributed by atoms with Gasteiger partial charge in [0.15, 0.2) is 5.70 Å². The first-order chi connectivity index (χ1) is 12.2. The minimum atomic E-state index is -0.575. The normalized spacial score (nSPS) is 15.3. The first-order valence-corrected chi connectivity index (χ1v) is 8.36. The summed E-state index contributed by atoms with van der Waals surface area (Å²) >= 11 is 1.48. The fraction of sp³-hybridized carbons (Fsp3) is 0. The van der Waals surface area contributed by atoms with Gasteiger partial charge < -0.3 is 4.74 Å². The SMILES string of the molecule is O=C1OC(c2cccc(F)c2)=N/C1=C\c1csc(-c2ccccc2)n1. The molecule has 0 fully saturated rings. The van der Waals surface area contributed by atoms with Crippen LogP contribution in [0.1, 0.15) is 11.3 Å². The number of ether oxygens (including phenoxy) is 1. The molecule has 0 amide bonds. The number of nitrogens with zero attached hydrogens (tertiary/aromatic N) is 2. The highest BCUT2D eigenvalue weighted by molar-refractivity contribution is 7.13. The molecular formula is C19H11FN2O2S. The molecule has 0 N–H and O–H groups in total. The van der Waals surface area contributed by atoms with Crippen molar-refractivity contribution < 1.29 is 13.9 Å². The molecule has 0 saturated heterocycles. The molecule has 0 spiro atoms. The second kappa shape index (κ2) is 6.41. The van der Waals surface area contributed by atoms with Crippen LogP contribution in [0.3, 0.4) is 0 Å². The van der Waals surface area contributed by atoms with Crippen LogP contribution in [0, 0.1) is 5.82 Å². The molecule has 0 bridgehead atoms. The van der Waals surface area contributed by atoms with Crippen molar-refractivity contribution in [2.75, 3.05) is 0 Å². The van der Waals surface area contributed by atoms with E-state index in [2.05, 4.69) is 9.98 Å². The molecule has 0 radical (unpaired) electrons. The maximum absolute atomic E-state index is 13.3. The molecule has 1 aromatic heterocycles. The second-order valence-electron chi connectivity index (χ2n) is 5.29. The molecule has 2 aromatic carbocycles. The van der Waals surface area contributed by atoms with E-state index in [-0.39, 0.29) is 11.6 Å². The fourth-order valence-corrected chi connectivity index (χ4v) is 3.14. The standard InChI is InChI=1S/C19H11FN2O2S/c20-14-8-4-7-13(9-14)17-22-16(19(23)24-17)10-15-11-25-18(21-15)12-5-2-1-3-6-12/h1-11H/b16-10-. The number of hydrogen-bond acceptors (Lipinski definition) is 5. The number of halogens is 1. The van der Waals surface area contributed by atoms with Crippen molar-refractivity contribution >= 4 is 29.3 Å². The molecule has 4 nitrogen and oxygen atoms in total. The van der Waals surface area contributed by atoms with Crippen LogP contribution < -0.4 is 0 Å². The van der Waals surface area contributed by atoms with Gasteiger partial charge in [-0.2, -0.15) is 0 Å². The highest BCUT2D eigenvalue weighted by Gasteiger charge is 2.24. The average Bonchev–Trinajstić information content (AvgIpc) is 3.24. The van der Waals surface area contributed by atoms with Crippen molar-refractivity contribution in [2.24, 2.45) is 4.99 Å². The van der Waals surface area contributed by atoms with Gasteiger partial charge in [-0.05, 0) is 24.3 Å². The largest absolute Gasteiger partial charge is 0.402 e. The third-order valence-electron chi connectivity index (χ3n) is 3.52.